The highest BCUT2D eigenvalue weighted by atomic mass is 19.1. The first-order chi connectivity index (χ1) is 17.8. The van der Waals surface area contributed by atoms with Gasteiger partial charge in [0.25, 0.3) is 0 Å². The van der Waals surface area contributed by atoms with E-state index in [9.17, 15) is 14.3 Å². The summed E-state index contributed by atoms with van der Waals surface area (Å²) in [5, 5.41) is 13.8. The van der Waals surface area contributed by atoms with Gasteiger partial charge in [-0.05, 0) is 43.5 Å². The summed E-state index contributed by atoms with van der Waals surface area (Å²) in [6, 6.07) is 9.57. The van der Waals surface area contributed by atoms with Crippen LogP contribution in [0.2, 0.25) is 0 Å². The number of para-hydroxylation sites is 1. The molecule has 9 heteroatoms. The molecule has 2 aromatic carbocycles. The Hall–Kier alpha value is -3.04. The van der Waals surface area contributed by atoms with E-state index >= 15 is 8.78 Å². The van der Waals surface area contributed by atoms with Crippen LogP contribution < -0.4 is 5.32 Å². The molecular formula is C28H33F3N4O2. The van der Waals surface area contributed by atoms with Crippen molar-refractivity contribution >= 4 is 22.6 Å². The SMILES string of the molecule is CC(CN1[C@H](c2c(F)cc(NC3CN(CCCF)C3)cc2F)c2[nH]c3ccccc3c2C[C@H]1C)C(=O)O. The van der Waals surface area contributed by atoms with E-state index in [0.717, 1.165) is 16.5 Å². The average Bonchev–Trinajstić information content (AvgIpc) is 3.19. The molecule has 0 spiro atoms. The van der Waals surface area contributed by atoms with Gasteiger partial charge in [-0.25, -0.2) is 8.78 Å². The Morgan fingerprint density at radius 2 is 1.92 bits per heavy atom. The summed E-state index contributed by atoms with van der Waals surface area (Å²) in [6.45, 7) is 5.46. The lowest BCUT2D eigenvalue weighted by Gasteiger charge is -2.42. The van der Waals surface area contributed by atoms with Crippen LogP contribution in [-0.4, -0.2) is 70.8 Å². The third kappa shape index (κ3) is 4.94. The smallest absolute Gasteiger partial charge is 0.307 e. The van der Waals surface area contributed by atoms with Gasteiger partial charge in [0.05, 0.1) is 24.7 Å². The van der Waals surface area contributed by atoms with Crippen LogP contribution in [-0.2, 0) is 11.2 Å². The maximum Gasteiger partial charge on any atom is 0.307 e. The number of carboxylic acid groups (broad SMARTS) is 1. The first-order valence-electron chi connectivity index (χ1n) is 12.9. The van der Waals surface area contributed by atoms with Crippen LogP contribution >= 0.6 is 0 Å². The number of alkyl halides is 1. The fraction of sp³-hybridized carbons (Fsp3) is 0.464. The lowest BCUT2D eigenvalue weighted by molar-refractivity contribution is -0.142. The predicted octanol–water partition coefficient (Wildman–Crippen LogP) is 4.96. The lowest BCUT2D eigenvalue weighted by Crippen LogP contribution is -2.54. The largest absolute Gasteiger partial charge is 0.481 e. The summed E-state index contributed by atoms with van der Waals surface area (Å²) >= 11 is 0. The first-order valence-corrected chi connectivity index (χ1v) is 12.9. The Labute approximate surface area is 214 Å². The van der Waals surface area contributed by atoms with E-state index < -0.39 is 29.6 Å². The molecule has 3 atom stereocenters. The number of nitrogens with one attached hydrogen (secondary N) is 2. The standard InChI is InChI=1S/C28H33F3N4O2/c1-16(28(36)37)13-35-17(2)10-21-20-6-3-4-7-24(20)33-26(21)27(35)25-22(30)11-18(12-23(25)31)32-19-14-34(15-19)9-5-8-29/h3-4,6-7,11-12,16-17,19,27,32-33H,5,8-10,13-15H2,1-2H3,(H,36,37)/t16?,17-,27-/m1/s1. The Morgan fingerprint density at radius 1 is 1.22 bits per heavy atom. The normalized spacial score (nSPS) is 21.5. The van der Waals surface area contributed by atoms with E-state index in [1.807, 2.05) is 36.1 Å². The van der Waals surface area contributed by atoms with Crippen LogP contribution in [0.4, 0.5) is 18.9 Å². The number of hydrogen-bond acceptors (Lipinski definition) is 4. The molecule has 0 radical (unpaired) electrons. The molecule has 198 valence electrons. The van der Waals surface area contributed by atoms with Crippen molar-refractivity contribution in [2.75, 3.05) is 38.2 Å². The Bertz CT molecular complexity index is 1270. The van der Waals surface area contributed by atoms with Crippen LogP contribution in [0, 0.1) is 17.6 Å². The monoisotopic (exact) mass is 514 g/mol. The Balaban J connectivity index is 1.49. The maximum absolute atomic E-state index is 15.8. The van der Waals surface area contributed by atoms with E-state index in [4.69, 9.17) is 0 Å². The average molecular weight is 515 g/mol. The van der Waals surface area contributed by atoms with E-state index in [1.54, 1.807) is 6.92 Å². The van der Waals surface area contributed by atoms with Crippen LogP contribution in [0.5, 0.6) is 0 Å². The molecule has 5 rings (SSSR count). The molecule has 1 unspecified atom stereocenters. The van der Waals surface area contributed by atoms with Gasteiger partial charge in [-0.3, -0.25) is 19.0 Å². The van der Waals surface area contributed by atoms with Gasteiger partial charge >= 0.3 is 5.97 Å². The highest BCUT2D eigenvalue weighted by Gasteiger charge is 2.40. The van der Waals surface area contributed by atoms with Crippen molar-refractivity contribution < 1.29 is 23.1 Å². The molecule has 37 heavy (non-hydrogen) atoms. The van der Waals surface area contributed by atoms with Gasteiger partial charge < -0.3 is 15.4 Å². The van der Waals surface area contributed by atoms with Gasteiger partial charge in [-0.2, -0.15) is 0 Å². The number of aliphatic carboxylic acids is 1. The van der Waals surface area contributed by atoms with Gasteiger partial charge in [0.15, 0.2) is 0 Å². The second-order valence-corrected chi connectivity index (χ2v) is 10.5. The highest BCUT2D eigenvalue weighted by Crippen LogP contribution is 2.43. The summed E-state index contributed by atoms with van der Waals surface area (Å²) < 4.78 is 43.9. The number of benzene rings is 2. The van der Waals surface area contributed by atoms with Crippen molar-refractivity contribution in [1.82, 2.24) is 14.8 Å². The number of anilines is 1. The van der Waals surface area contributed by atoms with Crippen molar-refractivity contribution in [2.45, 2.75) is 44.8 Å². The molecule has 1 saturated heterocycles. The second kappa shape index (κ2) is 10.4. The number of carboxylic acids is 1. The quantitative estimate of drug-likeness (QED) is 0.377. The molecule has 0 aliphatic carbocycles. The van der Waals surface area contributed by atoms with Crippen molar-refractivity contribution in [3.63, 3.8) is 0 Å². The van der Waals surface area contributed by atoms with Crippen molar-refractivity contribution in [3.8, 4) is 0 Å². The van der Waals surface area contributed by atoms with E-state index in [2.05, 4.69) is 15.2 Å². The molecule has 1 fully saturated rings. The highest BCUT2D eigenvalue weighted by molar-refractivity contribution is 5.85. The van der Waals surface area contributed by atoms with Crippen molar-refractivity contribution in [3.05, 3.63) is 64.9 Å². The van der Waals surface area contributed by atoms with Gasteiger partial charge in [0.2, 0.25) is 0 Å². The predicted molar refractivity (Wildman–Crippen MR) is 138 cm³/mol. The molecule has 3 aromatic rings. The zero-order chi connectivity index (χ0) is 26.3. The topological polar surface area (TPSA) is 71.6 Å². The fourth-order valence-electron chi connectivity index (χ4n) is 5.79. The van der Waals surface area contributed by atoms with Crippen LogP contribution in [0.25, 0.3) is 10.9 Å². The third-order valence-electron chi connectivity index (χ3n) is 7.71. The molecule has 6 nitrogen and oxygen atoms in total. The minimum atomic E-state index is -0.949. The summed E-state index contributed by atoms with van der Waals surface area (Å²) in [6.07, 6.45) is 1.13. The summed E-state index contributed by atoms with van der Waals surface area (Å²) in [4.78, 5) is 19.1. The Morgan fingerprint density at radius 3 is 2.59 bits per heavy atom. The number of likely N-dealkylation sites (tertiary alicyclic amines) is 1. The lowest BCUT2D eigenvalue weighted by atomic mass is 9.87. The molecule has 2 aliphatic rings. The number of nitrogens with zero attached hydrogens (tertiary/aromatic N) is 2. The molecule has 3 heterocycles. The van der Waals surface area contributed by atoms with Crippen LogP contribution in [0.15, 0.2) is 36.4 Å². The molecule has 0 saturated carbocycles. The van der Waals surface area contributed by atoms with Crippen LogP contribution in [0.1, 0.15) is 43.1 Å². The van der Waals surface area contributed by atoms with E-state index in [0.29, 0.717) is 43.9 Å². The molecule has 2 aliphatic heterocycles. The zero-order valence-electron chi connectivity index (χ0n) is 21.1. The number of aromatic amines is 1. The van der Waals surface area contributed by atoms with Crippen molar-refractivity contribution in [2.24, 2.45) is 5.92 Å². The minimum absolute atomic E-state index is 0.0483. The maximum atomic E-state index is 15.8. The van der Waals surface area contributed by atoms with Gasteiger partial charge in [-0.1, -0.05) is 25.1 Å². The summed E-state index contributed by atoms with van der Waals surface area (Å²) in [5.74, 6) is -3.00. The second-order valence-electron chi connectivity index (χ2n) is 10.5. The third-order valence-corrected chi connectivity index (χ3v) is 7.71. The van der Waals surface area contributed by atoms with Crippen molar-refractivity contribution in [1.29, 1.82) is 0 Å². The van der Waals surface area contributed by atoms with Gasteiger partial charge in [0, 0.05) is 60.1 Å². The minimum Gasteiger partial charge on any atom is -0.481 e. The number of hydrogen-bond donors (Lipinski definition) is 3. The molecule has 3 N–H and O–H groups in total. The molecule has 0 bridgehead atoms. The molecule has 1 aromatic heterocycles. The Kier molecular flexibility index (Phi) is 7.18. The van der Waals surface area contributed by atoms with Gasteiger partial charge in [0.1, 0.15) is 11.6 Å². The number of carbonyl (C=O) groups is 1. The number of rotatable bonds is 9. The zero-order valence-corrected chi connectivity index (χ0v) is 21.1. The van der Waals surface area contributed by atoms with E-state index in [-0.39, 0.29) is 30.9 Å². The summed E-state index contributed by atoms with van der Waals surface area (Å²) in [5.41, 5.74) is 2.88. The molecule has 0 amide bonds. The number of H-pyrrole nitrogens is 1. The number of fused-ring (bicyclic) bond motifs is 3. The van der Waals surface area contributed by atoms with Crippen LogP contribution in [0.3, 0.4) is 0 Å². The summed E-state index contributed by atoms with van der Waals surface area (Å²) in [7, 11) is 0. The number of aromatic nitrogens is 1. The van der Waals surface area contributed by atoms with E-state index in [1.165, 1.54) is 12.1 Å². The fourth-order valence-corrected chi connectivity index (χ4v) is 5.79. The molecular weight excluding hydrogens is 481 g/mol. The van der Waals surface area contributed by atoms with Gasteiger partial charge in [-0.15, -0.1) is 0 Å². The first kappa shape index (κ1) is 25.6. The number of halogens is 3.